The van der Waals surface area contributed by atoms with Crippen LogP contribution in [0, 0.1) is 6.92 Å². The van der Waals surface area contributed by atoms with E-state index in [4.69, 9.17) is 4.74 Å². The number of nitrogens with zero attached hydrogens (tertiary/aromatic N) is 1. The van der Waals surface area contributed by atoms with E-state index in [9.17, 15) is 0 Å². The summed E-state index contributed by atoms with van der Waals surface area (Å²) in [5.41, 5.74) is 2.64. The fourth-order valence-corrected chi connectivity index (χ4v) is 1.38. The van der Waals surface area contributed by atoms with E-state index in [1.54, 1.807) is 0 Å². The minimum Gasteiger partial charge on any atom is -0.373 e. The number of ether oxygens (including phenoxy) is 1. The van der Waals surface area contributed by atoms with E-state index in [1.165, 1.54) is 11.3 Å². The zero-order chi connectivity index (χ0) is 6.97. The van der Waals surface area contributed by atoms with Crippen molar-refractivity contribution < 1.29 is 4.74 Å². The van der Waals surface area contributed by atoms with Crippen molar-refractivity contribution in [2.24, 2.45) is 0 Å². The smallest absolute Gasteiger partial charge is 0.0868 e. The van der Waals surface area contributed by atoms with Gasteiger partial charge in [-0.25, -0.2) is 0 Å². The average Bonchev–Trinajstić information content (AvgIpc) is 2.27. The van der Waals surface area contributed by atoms with Gasteiger partial charge in [-0.05, 0) is 18.6 Å². The van der Waals surface area contributed by atoms with Crippen LogP contribution in [0.3, 0.4) is 0 Å². The Morgan fingerprint density at radius 1 is 1.60 bits per heavy atom. The topological polar surface area (TPSA) is 14.2 Å². The molecular weight excluding hydrogens is 126 g/mol. The Kier molecular flexibility index (Phi) is 1.27. The first-order chi connectivity index (χ1) is 4.86. The fraction of sp³-hybridized carbons (Fsp3) is 0.500. The molecule has 0 fully saturated rings. The van der Waals surface area contributed by atoms with Crippen molar-refractivity contribution in [3.8, 4) is 0 Å². The first kappa shape index (κ1) is 5.98. The zero-order valence-electron chi connectivity index (χ0n) is 6.13. The minimum atomic E-state index is 0.786. The summed E-state index contributed by atoms with van der Waals surface area (Å²) in [4.78, 5) is 0. The molecule has 0 bridgehead atoms. The molecule has 0 spiro atoms. The summed E-state index contributed by atoms with van der Waals surface area (Å²) in [5, 5.41) is 0. The maximum atomic E-state index is 5.29. The van der Waals surface area contributed by atoms with E-state index in [1.807, 2.05) is 0 Å². The highest BCUT2D eigenvalue weighted by atomic mass is 16.5. The molecule has 2 heterocycles. The lowest BCUT2D eigenvalue weighted by molar-refractivity contribution is 0.0850. The molecule has 1 aliphatic heterocycles. The van der Waals surface area contributed by atoms with Gasteiger partial charge in [-0.2, -0.15) is 0 Å². The number of aromatic nitrogens is 1. The van der Waals surface area contributed by atoms with E-state index in [0.29, 0.717) is 0 Å². The van der Waals surface area contributed by atoms with Gasteiger partial charge in [0, 0.05) is 18.4 Å². The number of aryl methyl sites for hydroxylation is 1. The summed E-state index contributed by atoms with van der Waals surface area (Å²) in [6.45, 7) is 4.78. The van der Waals surface area contributed by atoms with E-state index >= 15 is 0 Å². The molecule has 1 aromatic heterocycles. The fourth-order valence-electron chi connectivity index (χ4n) is 1.38. The van der Waals surface area contributed by atoms with Gasteiger partial charge < -0.3 is 9.30 Å². The van der Waals surface area contributed by atoms with Crippen molar-refractivity contribution in [1.82, 2.24) is 4.57 Å². The van der Waals surface area contributed by atoms with E-state index in [0.717, 1.165) is 19.8 Å². The van der Waals surface area contributed by atoms with Crippen molar-refractivity contribution >= 4 is 0 Å². The van der Waals surface area contributed by atoms with Gasteiger partial charge in [-0.3, -0.25) is 0 Å². The second-order valence-corrected chi connectivity index (χ2v) is 2.75. The van der Waals surface area contributed by atoms with Crippen LogP contribution >= 0.6 is 0 Å². The van der Waals surface area contributed by atoms with Crippen LogP contribution < -0.4 is 0 Å². The van der Waals surface area contributed by atoms with Gasteiger partial charge in [0.25, 0.3) is 0 Å². The molecule has 0 N–H and O–H groups in total. The molecule has 2 heteroatoms. The Morgan fingerprint density at radius 2 is 2.50 bits per heavy atom. The van der Waals surface area contributed by atoms with Gasteiger partial charge in [0.2, 0.25) is 0 Å². The molecule has 2 nitrogen and oxygen atoms in total. The van der Waals surface area contributed by atoms with Crippen LogP contribution in [-0.2, 0) is 17.9 Å². The Balaban J connectivity index is 2.41. The zero-order valence-corrected chi connectivity index (χ0v) is 6.13. The second-order valence-electron chi connectivity index (χ2n) is 2.75. The predicted octanol–water partition coefficient (Wildman–Crippen LogP) is 1.33. The summed E-state index contributed by atoms with van der Waals surface area (Å²) >= 11 is 0. The SMILES string of the molecule is Cc1cc2n(c1)CCOC2. The molecule has 2 rings (SSSR count). The van der Waals surface area contributed by atoms with Crippen molar-refractivity contribution in [2.75, 3.05) is 6.61 Å². The number of fused-ring (bicyclic) bond motifs is 1. The summed E-state index contributed by atoms with van der Waals surface area (Å²) < 4.78 is 7.55. The molecule has 10 heavy (non-hydrogen) atoms. The van der Waals surface area contributed by atoms with E-state index < -0.39 is 0 Å². The van der Waals surface area contributed by atoms with Crippen LogP contribution in [0.25, 0.3) is 0 Å². The van der Waals surface area contributed by atoms with Crippen LogP contribution in [0.15, 0.2) is 12.3 Å². The molecule has 0 aliphatic carbocycles. The molecule has 0 radical (unpaired) electrons. The third-order valence-electron chi connectivity index (χ3n) is 1.85. The highest BCUT2D eigenvalue weighted by Gasteiger charge is 2.07. The van der Waals surface area contributed by atoms with Gasteiger partial charge in [0.1, 0.15) is 0 Å². The summed E-state index contributed by atoms with van der Waals surface area (Å²) in [6.07, 6.45) is 2.18. The van der Waals surface area contributed by atoms with Crippen molar-refractivity contribution in [3.05, 3.63) is 23.5 Å². The molecule has 0 amide bonds. The molecule has 54 valence electrons. The maximum Gasteiger partial charge on any atom is 0.0868 e. The monoisotopic (exact) mass is 137 g/mol. The first-order valence-electron chi connectivity index (χ1n) is 3.59. The lowest BCUT2D eigenvalue weighted by atomic mass is 10.3. The second kappa shape index (κ2) is 2.13. The van der Waals surface area contributed by atoms with E-state index in [-0.39, 0.29) is 0 Å². The van der Waals surface area contributed by atoms with Crippen LogP contribution in [0.5, 0.6) is 0 Å². The Morgan fingerprint density at radius 3 is 3.30 bits per heavy atom. The van der Waals surface area contributed by atoms with Crippen molar-refractivity contribution in [2.45, 2.75) is 20.1 Å². The molecule has 0 aromatic carbocycles. The standard InChI is InChI=1S/C8H11NO/c1-7-4-8-6-10-3-2-9(8)5-7/h4-5H,2-3,6H2,1H3. The van der Waals surface area contributed by atoms with Gasteiger partial charge >= 0.3 is 0 Å². The van der Waals surface area contributed by atoms with Crippen LogP contribution in [0.1, 0.15) is 11.3 Å². The predicted molar refractivity (Wildman–Crippen MR) is 38.8 cm³/mol. The molecule has 0 atom stereocenters. The van der Waals surface area contributed by atoms with Gasteiger partial charge in [0.15, 0.2) is 0 Å². The number of hydrogen-bond donors (Lipinski definition) is 0. The minimum absolute atomic E-state index is 0.786. The van der Waals surface area contributed by atoms with Crippen molar-refractivity contribution in [3.63, 3.8) is 0 Å². The summed E-state index contributed by atoms with van der Waals surface area (Å²) in [6, 6.07) is 2.18. The summed E-state index contributed by atoms with van der Waals surface area (Å²) in [5.74, 6) is 0. The molecule has 1 aromatic rings. The largest absolute Gasteiger partial charge is 0.373 e. The van der Waals surface area contributed by atoms with E-state index in [2.05, 4.69) is 23.8 Å². The number of rotatable bonds is 0. The molecular formula is C8H11NO. The quantitative estimate of drug-likeness (QED) is 0.526. The van der Waals surface area contributed by atoms with Gasteiger partial charge in [-0.15, -0.1) is 0 Å². The highest BCUT2D eigenvalue weighted by Crippen LogP contribution is 2.12. The van der Waals surface area contributed by atoms with Gasteiger partial charge in [-0.1, -0.05) is 0 Å². The maximum absolute atomic E-state index is 5.29. The molecule has 0 saturated heterocycles. The molecule has 1 aliphatic rings. The van der Waals surface area contributed by atoms with Crippen LogP contribution in [-0.4, -0.2) is 11.2 Å². The van der Waals surface area contributed by atoms with Gasteiger partial charge in [0.05, 0.1) is 13.2 Å². The van der Waals surface area contributed by atoms with Crippen molar-refractivity contribution in [1.29, 1.82) is 0 Å². The average molecular weight is 137 g/mol. The third kappa shape index (κ3) is 0.847. The summed E-state index contributed by atoms with van der Waals surface area (Å²) in [7, 11) is 0. The lowest BCUT2D eigenvalue weighted by Gasteiger charge is -2.14. The Bertz CT molecular complexity index is 216. The third-order valence-corrected chi connectivity index (χ3v) is 1.85. The molecule has 0 saturated carbocycles. The Labute approximate surface area is 60.4 Å². The number of hydrogen-bond acceptors (Lipinski definition) is 1. The Hall–Kier alpha value is -0.760. The van der Waals surface area contributed by atoms with Crippen LogP contribution in [0.4, 0.5) is 0 Å². The normalized spacial score (nSPS) is 16.9. The first-order valence-corrected chi connectivity index (χ1v) is 3.59. The lowest BCUT2D eigenvalue weighted by Crippen LogP contribution is -2.14. The highest BCUT2D eigenvalue weighted by molar-refractivity contribution is 5.17. The molecule has 0 unspecified atom stereocenters. The van der Waals surface area contributed by atoms with Crippen LogP contribution in [0.2, 0.25) is 0 Å².